The lowest BCUT2D eigenvalue weighted by Gasteiger charge is -2.04. The number of hydrogen-bond donors (Lipinski definition) is 0. The van der Waals surface area contributed by atoms with Gasteiger partial charge in [0, 0.05) is 19.4 Å². The van der Waals surface area contributed by atoms with Crippen molar-refractivity contribution in [2.24, 2.45) is 0 Å². The molecule has 0 aliphatic rings. The Kier molecular flexibility index (Phi) is 4.78. The molecule has 15 heavy (non-hydrogen) atoms. The Balaban J connectivity index is 2.45. The van der Waals surface area contributed by atoms with Crippen LogP contribution in [-0.2, 0) is 11.2 Å². The molecule has 0 bridgehead atoms. The van der Waals surface area contributed by atoms with Crippen LogP contribution in [-0.4, -0.2) is 16.7 Å². The van der Waals surface area contributed by atoms with Crippen LogP contribution in [0.1, 0.15) is 44.5 Å². The first-order valence-corrected chi connectivity index (χ1v) is 5.09. The third kappa shape index (κ3) is 3.68. The van der Waals surface area contributed by atoms with Crippen molar-refractivity contribution in [3.63, 3.8) is 0 Å². The highest BCUT2D eigenvalue weighted by Gasteiger charge is 2.12. The van der Waals surface area contributed by atoms with Crippen LogP contribution in [0.3, 0.4) is 0 Å². The maximum Gasteiger partial charge on any atom is 0.226 e. The summed E-state index contributed by atoms with van der Waals surface area (Å²) >= 11 is 0. The van der Waals surface area contributed by atoms with Gasteiger partial charge in [0.1, 0.15) is 6.10 Å². The third-order valence-electron chi connectivity index (χ3n) is 1.94. The van der Waals surface area contributed by atoms with Crippen LogP contribution < -0.4 is 0 Å². The van der Waals surface area contributed by atoms with Gasteiger partial charge >= 0.3 is 0 Å². The Morgan fingerprint density at radius 2 is 2.40 bits per heavy atom. The maximum atomic E-state index is 8.37. The molecule has 0 amide bonds. The minimum absolute atomic E-state index is 0.136. The molecule has 0 saturated heterocycles. The number of nitrogens with zero attached hydrogens (tertiary/aromatic N) is 3. The standard InChI is InChI=1S/C10H15N3O2/c1-3-14-8(2)10-12-9(15-13-10)6-4-5-7-11/h8H,3-6H2,1-2H3. The SMILES string of the molecule is CCOC(C)c1noc(CCCC#N)n1. The monoisotopic (exact) mass is 209 g/mol. The van der Waals surface area contributed by atoms with Gasteiger partial charge in [0.2, 0.25) is 5.89 Å². The molecule has 5 heteroatoms. The van der Waals surface area contributed by atoms with Gasteiger partial charge in [0.15, 0.2) is 5.82 Å². The van der Waals surface area contributed by atoms with E-state index in [2.05, 4.69) is 16.2 Å². The van der Waals surface area contributed by atoms with Crippen LogP contribution in [0.5, 0.6) is 0 Å². The molecular formula is C10H15N3O2. The summed E-state index contributed by atoms with van der Waals surface area (Å²) in [6.07, 6.45) is 1.78. The molecule has 1 unspecified atom stereocenters. The van der Waals surface area contributed by atoms with E-state index in [0.29, 0.717) is 31.2 Å². The number of aryl methyl sites for hydroxylation is 1. The molecule has 0 radical (unpaired) electrons. The van der Waals surface area contributed by atoms with E-state index in [-0.39, 0.29) is 6.10 Å². The molecule has 1 atom stereocenters. The zero-order valence-corrected chi connectivity index (χ0v) is 9.06. The fraction of sp³-hybridized carbons (Fsp3) is 0.700. The van der Waals surface area contributed by atoms with Crippen molar-refractivity contribution in [1.82, 2.24) is 10.1 Å². The van der Waals surface area contributed by atoms with Crippen LogP contribution in [0.2, 0.25) is 0 Å². The first-order chi connectivity index (χ1) is 7.27. The number of aromatic nitrogens is 2. The molecule has 0 spiro atoms. The van der Waals surface area contributed by atoms with Crippen molar-refractivity contribution >= 4 is 0 Å². The molecule has 0 aliphatic carbocycles. The molecule has 0 N–H and O–H groups in total. The summed E-state index contributed by atoms with van der Waals surface area (Å²) in [6.45, 7) is 4.43. The predicted octanol–water partition coefficient (Wildman–Crippen LogP) is 2.01. The summed E-state index contributed by atoms with van der Waals surface area (Å²) in [7, 11) is 0. The van der Waals surface area contributed by atoms with Gasteiger partial charge in [-0.1, -0.05) is 5.16 Å². The van der Waals surface area contributed by atoms with Crippen molar-refractivity contribution in [1.29, 1.82) is 5.26 Å². The lowest BCUT2D eigenvalue weighted by molar-refractivity contribution is 0.0683. The van der Waals surface area contributed by atoms with Crippen molar-refractivity contribution < 1.29 is 9.26 Å². The smallest absolute Gasteiger partial charge is 0.226 e. The van der Waals surface area contributed by atoms with Crippen LogP contribution in [0.15, 0.2) is 4.52 Å². The second kappa shape index (κ2) is 6.14. The quantitative estimate of drug-likeness (QED) is 0.670. The molecule has 5 nitrogen and oxygen atoms in total. The van der Waals surface area contributed by atoms with Gasteiger partial charge in [-0.2, -0.15) is 10.2 Å². The zero-order valence-electron chi connectivity index (χ0n) is 9.06. The van der Waals surface area contributed by atoms with E-state index in [1.807, 2.05) is 13.8 Å². The van der Waals surface area contributed by atoms with Crippen molar-refractivity contribution in [2.45, 2.75) is 39.2 Å². The van der Waals surface area contributed by atoms with E-state index in [1.54, 1.807) is 0 Å². The van der Waals surface area contributed by atoms with Crippen molar-refractivity contribution in [3.05, 3.63) is 11.7 Å². The lowest BCUT2D eigenvalue weighted by Crippen LogP contribution is -2.01. The average Bonchev–Trinajstić information content (AvgIpc) is 2.67. The first-order valence-electron chi connectivity index (χ1n) is 5.09. The Morgan fingerprint density at radius 3 is 3.07 bits per heavy atom. The van der Waals surface area contributed by atoms with Crippen LogP contribution in [0.25, 0.3) is 0 Å². The fourth-order valence-electron chi connectivity index (χ4n) is 1.18. The van der Waals surface area contributed by atoms with Gasteiger partial charge < -0.3 is 9.26 Å². The summed E-state index contributed by atoms with van der Waals surface area (Å²) in [5.41, 5.74) is 0. The van der Waals surface area contributed by atoms with Crippen molar-refractivity contribution in [2.75, 3.05) is 6.61 Å². The molecular weight excluding hydrogens is 194 g/mol. The molecule has 82 valence electrons. The number of rotatable bonds is 6. The van der Waals surface area contributed by atoms with E-state index < -0.39 is 0 Å². The second-order valence-electron chi connectivity index (χ2n) is 3.16. The molecule has 0 aromatic carbocycles. The first kappa shape index (κ1) is 11.7. The largest absolute Gasteiger partial charge is 0.371 e. The van der Waals surface area contributed by atoms with Crippen LogP contribution in [0.4, 0.5) is 0 Å². The molecule has 1 rings (SSSR count). The Labute approximate surface area is 89.0 Å². The maximum absolute atomic E-state index is 8.37. The van der Waals surface area contributed by atoms with Crippen molar-refractivity contribution in [3.8, 4) is 6.07 Å². The highest BCUT2D eigenvalue weighted by molar-refractivity contribution is 4.90. The van der Waals surface area contributed by atoms with Gasteiger partial charge in [-0.05, 0) is 20.3 Å². The van der Waals surface area contributed by atoms with E-state index in [9.17, 15) is 0 Å². The lowest BCUT2D eigenvalue weighted by atomic mass is 10.2. The number of ether oxygens (including phenoxy) is 1. The second-order valence-corrected chi connectivity index (χ2v) is 3.16. The van der Waals surface area contributed by atoms with Gasteiger partial charge in [-0.15, -0.1) is 0 Å². The summed E-state index contributed by atoms with van der Waals surface area (Å²) < 4.78 is 10.4. The number of unbranched alkanes of at least 4 members (excludes halogenated alkanes) is 1. The van der Waals surface area contributed by atoms with Crippen LogP contribution in [0, 0.1) is 11.3 Å². The molecule has 1 aromatic rings. The van der Waals surface area contributed by atoms with E-state index >= 15 is 0 Å². The van der Waals surface area contributed by atoms with Gasteiger partial charge in [0.05, 0.1) is 6.07 Å². The van der Waals surface area contributed by atoms with E-state index in [4.69, 9.17) is 14.5 Å². The average molecular weight is 209 g/mol. The minimum Gasteiger partial charge on any atom is -0.371 e. The van der Waals surface area contributed by atoms with E-state index in [1.165, 1.54) is 0 Å². The third-order valence-corrected chi connectivity index (χ3v) is 1.94. The number of nitriles is 1. The zero-order chi connectivity index (χ0) is 11.1. The van der Waals surface area contributed by atoms with Gasteiger partial charge in [-0.25, -0.2) is 0 Å². The normalized spacial score (nSPS) is 12.3. The molecule has 0 saturated carbocycles. The molecule has 0 fully saturated rings. The summed E-state index contributed by atoms with van der Waals surface area (Å²) in [6, 6.07) is 2.07. The van der Waals surface area contributed by atoms with E-state index in [0.717, 1.165) is 6.42 Å². The van der Waals surface area contributed by atoms with Gasteiger partial charge in [0.25, 0.3) is 0 Å². The highest BCUT2D eigenvalue weighted by atomic mass is 16.5. The Hall–Kier alpha value is -1.41. The Morgan fingerprint density at radius 1 is 1.60 bits per heavy atom. The number of hydrogen-bond acceptors (Lipinski definition) is 5. The topological polar surface area (TPSA) is 71.9 Å². The van der Waals surface area contributed by atoms with Gasteiger partial charge in [-0.3, -0.25) is 0 Å². The van der Waals surface area contributed by atoms with Crippen LogP contribution >= 0.6 is 0 Å². The fourth-order valence-corrected chi connectivity index (χ4v) is 1.18. The summed E-state index contributed by atoms with van der Waals surface area (Å²) in [4.78, 5) is 4.19. The molecule has 0 aliphatic heterocycles. The Bertz CT molecular complexity index is 330. The predicted molar refractivity (Wildman–Crippen MR) is 52.9 cm³/mol. The summed E-state index contributed by atoms with van der Waals surface area (Å²) in [5, 5.41) is 12.2. The molecule has 1 aromatic heterocycles. The highest BCUT2D eigenvalue weighted by Crippen LogP contribution is 2.13. The minimum atomic E-state index is -0.136. The summed E-state index contributed by atoms with van der Waals surface area (Å²) in [5.74, 6) is 1.15. The molecule has 1 heterocycles.